The molecule has 1 amide bonds. The van der Waals surface area contributed by atoms with Crippen LogP contribution in [0.1, 0.15) is 24.4 Å². The maximum absolute atomic E-state index is 12.6. The third kappa shape index (κ3) is 5.20. The van der Waals surface area contributed by atoms with Crippen molar-refractivity contribution >= 4 is 24.0 Å². The summed E-state index contributed by atoms with van der Waals surface area (Å²) >= 11 is 0. The number of hydrogen-bond acceptors (Lipinski definition) is 5. The van der Waals surface area contributed by atoms with E-state index < -0.39 is 6.04 Å². The van der Waals surface area contributed by atoms with E-state index in [4.69, 9.17) is 9.47 Å². The molecule has 0 bridgehead atoms. The molecule has 2 unspecified atom stereocenters. The van der Waals surface area contributed by atoms with E-state index in [0.29, 0.717) is 12.3 Å². The Kier molecular flexibility index (Phi) is 7.44. The average molecular weight is 381 g/mol. The molecule has 142 valence electrons. The van der Waals surface area contributed by atoms with Gasteiger partial charge in [0.2, 0.25) is 5.91 Å². The molecule has 1 aliphatic rings. The fourth-order valence-corrected chi connectivity index (χ4v) is 2.88. The molecule has 0 spiro atoms. The number of rotatable bonds is 7. The van der Waals surface area contributed by atoms with Crippen molar-refractivity contribution in [3.8, 4) is 5.75 Å². The minimum absolute atomic E-state index is 0. The number of hydrogen-bond donors (Lipinski definition) is 2. The highest BCUT2D eigenvalue weighted by atomic mass is 35.5. The summed E-state index contributed by atoms with van der Waals surface area (Å²) in [5, 5.41) is 10.1. The van der Waals surface area contributed by atoms with Crippen LogP contribution in [0.2, 0.25) is 0 Å². The molecule has 2 atom stereocenters. The molecule has 0 radical (unpaired) electrons. The van der Waals surface area contributed by atoms with Crippen molar-refractivity contribution in [2.24, 2.45) is 7.05 Å². The Balaban J connectivity index is 0.00000243. The molecule has 0 aliphatic carbocycles. The normalized spacial score (nSPS) is 17.4. The SMILES string of the molecule is CNC(C(=O)Nc1cccc(OCC2CCCO2)c1)c1cnn(C)c1.Cl. The molecule has 2 heterocycles. The quantitative estimate of drug-likeness (QED) is 0.770. The van der Waals surface area contributed by atoms with Crippen molar-refractivity contribution in [1.82, 2.24) is 15.1 Å². The maximum atomic E-state index is 12.6. The van der Waals surface area contributed by atoms with Gasteiger partial charge < -0.3 is 20.1 Å². The van der Waals surface area contributed by atoms with Gasteiger partial charge in [0.15, 0.2) is 0 Å². The highest BCUT2D eigenvalue weighted by molar-refractivity contribution is 5.95. The van der Waals surface area contributed by atoms with Crippen molar-refractivity contribution in [2.45, 2.75) is 25.0 Å². The van der Waals surface area contributed by atoms with Crippen molar-refractivity contribution in [3.05, 3.63) is 42.2 Å². The summed E-state index contributed by atoms with van der Waals surface area (Å²) in [5.41, 5.74) is 1.51. The van der Waals surface area contributed by atoms with Crippen LogP contribution in [0, 0.1) is 0 Å². The molecule has 8 heteroatoms. The fraction of sp³-hybridized carbons (Fsp3) is 0.444. The van der Waals surface area contributed by atoms with Crippen LogP contribution >= 0.6 is 12.4 Å². The van der Waals surface area contributed by atoms with Gasteiger partial charge in [0.25, 0.3) is 0 Å². The molecule has 7 nitrogen and oxygen atoms in total. The maximum Gasteiger partial charge on any atom is 0.246 e. The first kappa shape index (κ1) is 20.2. The lowest BCUT2D eigenvalue weighted by Crippen LogP contribution is -2.30. The molecular weight excluding hydrogens is 356 g/mol. The zero-order valence-electron chi connectivity index (χ0n) is 15.0. The van der Waals surface area contributed by atoms with Crippen LogP contribution in [0.15, 0.2) is 36.7 Å². The monoisotopic (exact) mass is 380 g/mol. The molecule has 1 saturated heterocycles. The summed E-state index contributed by atoms with van der Waals surface area (Å²) in [4.78, 5) is 12.6. The van der Waals surface area contributed by atoms with Crippen molar-refractivity contribution < 1.29 is 14.3 Å². The molecule has 2 aromatic rings. The number of aryl methyl sites for hydroxylation is 1. The second kappa shape index (κ2) is 9.56. The summed E-state index contributed by atoms with van der Waals surface area (Å²) in [5.74, 6) is 0.572. The molecule has 1 fully saturated rings. The predicted octanol–water partition coefficient (Wildman–Crippen LogP) is 2.30. The third-order valence-corrected chi connectivity index (χ3v) is 4.17. The van der Waals surface area contributed by atoms with Gasteiger partial charge in [-0.15, -0.1) is 12.4 Å². The van der Waals surface area contributed by atoms with Gasteiger partial charge in [-0.25, -0.2) is 0 Å². The number of benzene rings is 1. The van der Waals surface area contributed by atoms with E-state index >= 15 is 0 Å². The van der Waals surface area contributed by atoms with E-state index in [9.17, 15) is 4.79 Å². The lowest BCUT2D eigenvalue weighted by Gasteiger charge is -2.16. The minimum atomic E-state index is -0.467. The number of carbonyl (C=O) groups excluding carboxylic acids is 1. The second-order valence-electron chi connectivity index (χ2n) is 6.13. The van der Waals surface area contributed by atoms with Crippen LogP contribution in [0.25, 0.3) is 0 Å². The first-order valence-electron chi connectivity index (χ1n) is 8.47. The smallest absolute Gasteiger partial charge is 0.246 e. The van der Waals surface area contributed by atoms with Gasteiger partial charge in [0, 0.05) is 37.2 Å². The fourth-order valence-electron chi connectivity index (χ4n) is 2.88. The van der Waals surface area contributed by atoms with Gasteiger partial charge in [0.1, 0.15) is 18.4 Å². The van der Waals surface area contributed by atoms with E-state index in [-0.39, 0.29) is 24.4 Å². The summed E-state index contributed by atoms with van der Waals surface area (Å²) in [6, 6.07) is 6.93. The number of aromatic nitrogens is 2. The number of likely N-dealkylation sites (N-methyl/N-ethyl adjacent to an activating group) is 1. The first-order valence-corrected chi connectivity index (χ1v) is 8.47. The Hall–Kier alpha value is -2.09. The van der Waals surface area contributed by atoms with Gasteiger partial charge in [0.05, 0.1) is 12.3 Å². The zero-order valence-corrected chi connectivity index (χ0v) is 15.8. The Bertz CT molecular complexity index is 716. The standard InChI is InChI=1S/C18H24N4O3.ClH/c1-19-17(13-10-20-22(2)11-13)18(23)21-14-5-3-6-15(9-14)25-12-16-7-4-8-24-16;/h3,5-6,9-11,16-17,19H,4,7-8,12H2,1-2H3,(H,21,23);1H. The zero-order chi connectivity index (χ0) is 17.6. The Morgan fingerprint density at radius 2 is 2.35 bits per heavy atom. The number of carbonyl (C=O) groups is 1. The van der Waals surface area contributed by atoms with Crippen molar-refractivity contribution in [2.75, 3.05) is 25.6 Å². The van der Waals surface area contributed by atoms with Crippen LogP contribution in [-0.2, 0) is 16.6 Å². The Morgan fingerprint density at radius 1 is 1.50 bits per heavy atom. The van der Waals surface area contributed by atoms with E-state index in [1.54, 1.807) is 17.9 Å². The van der Waals surface area contributed by atoms with Crippen molar-refractivity contribution in [3.63, 3.8) is 0 Å². The molecule has 3 rings (SSSR count). The van der Waals surface area contributed by atoms with E-state index in [1.165, 1.54) is 0 Å². The number of nitrogens with one attached hydrogen (secondary N) is 2. The van der Waals surface area contributed by atoms with Gasteiger partial charge in [-0.05, 0) is 32.0 Å². The largest absolute Gasteiger partial charge is 0.491 e. The molecule has 1 aromatic carbocycles. The second-order valence-corrected chi connectivity index (χ2v) is 6.13. The van der Waals surface area contributed by atoms with Gasteiger partial charge in [-0.1, -0.05) is 6.07 Å². The summed E-state index contributed by atoms with van der Waals surface area (Å²) < 4.78 is 13.0. The van der Waals surface area contributed by atoms with Crippen LogP contribution in [0.5, 0.6) is 5.75 Å². The minimum Gasteiger partial charge on any atom is -0.491 e. The van der Waals surface area contributed by atoms with Crippen LogP contribution < -0.4 is 15.4 Å². The summed E-state index contributed by atoms with van der Waals surface area (Å²) in [6.07, 6.45) is 5.79. The third-order valence-electron chi connectivity index (χ3n) is 4.17. The molecule has 2 N–H and O–H groups in total. The summed E-state index contributed by atoms with van der Waals surface area (Å²) in [7, 11) is 3.57. The van der Waals surface area contributed by atoms with Gasteiger partial charge >= 0.3 is 0 Å². The lowest BCUT2D eigenvalue weighted by molar-refractivity contribution is -0.118. The molecule has 26 heavy (non-hydrogen) atoms. The topological polar surface area (TPSA) is 77.4 Å². The summed E-state index contributed by atoms with van der Waals surface area (Å²) in [6.45, 7) is 1.34. The van der Waals surface area contributed by atoms with E-state index in [0.717, 1.165) is 30.8 Å². The highest BCUT2D eigenvalue weighted by Gasteiger charge is 2.20. The number of ether oxygens (including phenoxy) is 2. The number of halogens is 1. The van der Waals surface area contributed by atoms with Gasteiger partial charge in [-0.3, -0.25) is 9.48 Å². The van der Waals surface area contributed by atoms with Crippen LogP contribution in [0.4, 0.5) is 5.69 Å². The van der Waals surface area contributed by atoms with Crippen LogP contribution in [-0.4, -0.2) is 42.1 Å². The predicted molar refractivity (Wildman–Crippen MR) is 102 cm³/mol. The molecule has 0 saturated carbocycles. The molecular formula is C18H25ClN4O3. The van der Waals surface area contributed by atoms with E-state index in [1.807, 2.05) is 37.5 Å². The number of amides is 1. The average Bonchev–Trinajstić information content (AvgIpc) is 3.26. The number of anilines is 1. The Labute approximate surface area is 159 Å². The molecule has 1 aliphatic heterocycles. The Morgan fingerprint density at radius 3 is 3.00 bits per heavy atom. The molecule has 1 aromatic heterocycles. The van der Waals surface area contributed by atoms with E-state index in [2.05, 4.69) is 15.7 Å². The highest BCUT2D eigenvalue weighted by Crippen LogP contribution is 2.21. The van der Waals surface area contributed by atoms with Gasteiger partial charge in [-0.2, -0.15) is 5.10 Å². The van der Waals surface area contributed by atoms with Crippen LogP contribution in [0.3, 0.4) is 0 Å². The van der Waals surface area contributed by atoms with Crippen molar-refractivity contribution in [1.29, 1.82) is 0 Å². The number of nitrogens with zero attached hydrogens (tertiary/aromatic N) is 2. The lowest BCUT2D eigenvalue weighted by atomic mass is 10.1. The first-order chi connectivity index (χ1) is 12.2.